The Morgan fingerprint density at radius 2 is 2.05 bits per heavy atom. The highest BCUT2D eigenvalue weighted by molar-refractivity contribution is 7.10. The summed E-state index contributed by atoms with van der Waals surface area (Å²) in [6.45, 7) is 0.556. The average molecular weight is 289 g/mol. The van der Waals surface area contributed by atoms with E-state index >= 15 is 0 Å². The molecule has 2 rings (SSSR count). The van der Waals surface area contributed by atoms with Crippen molar-refractivity contribution in [1.29, 1.82) is 0 Å². The summed E-state index contributed by atoms with van der Waals surface area (Å²) in [6, 6.07) is 11.4. The molecule has 106 valence electrons. The summed E-state index contributed by atoms with van der Waals surface area (Å²) in [5.74, 6) is -0.133. The molecule has 1 amide bonds. The number of carbonyl (C=O) groups excluding carboxylic acids is 1. The number of hydrogen-bond donors (Lipinski definition) is 2. The molecule has 0 aliphatic carbocycles. The van der Waals surface area contributed by atoms with Crippen molar-refractivity contribution >= 4 is 22.9 Å². The van der Waals surface area contributed by atoms with Crippen LogP contribution < -0.4 is 11.1 Å². The van der Waals surface area contributed by atoms with Crippen molar-refractivity contribution in [2.24, 2.45) is 0 Å². The number of amides is 1. The number of benzene rings is 1. The summed E-state index contributed by atoms with van der Waals surface area (Å²) in [5.41, 5.74) is 6.84. The first kappa shape index (κ1) is 14.6. The van der Waals surface area contributed by atoms with E-state index in [9.17, 15) is 4.79 Å². The molecule has 4 nitrogen and oxygen atoms in total. The number of nitrogens with two attached hydrogens (primary N) is 1. The van der Waals surface area contributed by atoms with Gasteiger partial charge in [-0.25, -0.2) is 0 Å². The van der Waals surface area contributed by atoms with E-state index in [0.29, 0.717) is 17.8 Å². The monoisotopic (exact) mass is 289 g/mol. The Labute approximate surface area is 123 Å². The molecule has 1 atom stereocenters. The molecule has 1 unspecified atom stereocenters. The molecular weight excluding hydrogens is 270 g/mol. The predicted molar refractivity (Wildman–Crippen MR) is 83.9 cm³/mol. The predicted octanol–water partition coefficient (Wildman–Crippen LogP) is 2.36. The summed E-state index contributed by atoms with van der Waals surface area (Å²) in [5, 5.41) is 5.00. The smallest absolute Gasteiger partial charge is 0.253 e. The first-order chi connectivity index (χ1) is 9.59. The Morgan fingerprint density at radius 3 is 2.65 bits per heavy atom. The summed E-state index contributed by atoms with van der Waals surface area (Å²) < 4.78 is 0. The second-order valence-electron chi connectivity index (χ2n) is 4.79. The molecule has 0 aliphatic heterocycles. The van der Waals surface area contributed by atoms with Gasteiger partial charge < -0.3 is 16.0 Å². The van der Waals surface area contributed by atoms with E-state index in [0.717, 1.165) is 0 Å². The van der Waals surface area contributed by atoms with Gasteiger partial charge in [-0.15, -0.1) is 11.3 Å². The molecule has 0 radical (unpaired) electrons. The third-order valence-electron chi connectivity index (χ3n) is 3.16. The Morgan fingerprint density at radius 1 is 1.30 bits per heavy atom. The van der Waals surface area contributed by atoms with Gasteiger partial charge in [0.05, 0.1) is 11.6 Å². The number of hydrogen-bond acceptors (Lipinski definition) is 4. The van der Waals surface area contributed by atoms with Gasteiger partial charge in [-0.2, -0.15) is 0 Å². The van der Waals surface area contributed by atoms with Crippen LogP contribution in [0.1, 0.15) is 21.3 Å². The lowest BCUT2D eigenvalue weighted by atomic mass is 10.1. The van der Waals surface area contributed by atoms with Gasteiger partial charge in [0.2, 0.25) is 0 Å². The highest BCUT2D eigenvalue weighted by Gasteiger charge is 2.17. The molecule has 20 heavy (non-hydrogen) atoms. The van der Waals surface area contributed by atoms with Crippen molar-refractivity contribution in [2.45, 2.75) is 6.04 Å². The first-order valence-electron chi connectivity index (χ1n) is 6.42. The van der Waals surface area contributed by atoms with E-state index in [1.165, 1.54) is 4.88 Å². The van der Waals surface area contributed by atoms with Gasteiger partial charge in [-0.3, -0.25) is 4.79 Å². The van der Waals surface area contributed by atoms with Crippen LogP contribution in [0.5, 0.6) is 0 Å². The largest absolute Gasteiger partial charge is 0.398 e. The zero-order valence-corrected chi connectivity index (χ0v) is 12.5. The van der Waals surface area contributed by atoms with Crippen molar-refractivity contribution in [3.05, 3.63) is 52.2 Å². The minimum absolute atomic E-state index is 0.133. The maximum atomic E-state index is 12.2. The third kappa shape index (κ3) is 3.37. The molecule has 0 fully saturated rings. The summed E-state index contributed by atoms with van der Waals surface area (Å²) in [7, 11) is 4.01. The van der Waals surface area contributed by atoms with E-state index < -0.39 is 0 Å². The zero-order chi connectivity index (χ0) is 14.5. The van der Waals surface area contributed by atoms with Crippen LogP contribution in [-0.4, -0.2) is 31.4 Å². The molecule has 0 aliphatic rings. The second kappa shape index (κ2) is 6.54. The Balaban J connectivity index is 2.03. The zero-order valence-electron chi connectivity index (χ0n) is 11.7. The number of likely N-dealkylation sites (N-methyl/N-ethyl adjacent to an activating group) is 1. The van der Waals surface area contributed by atoms with Crippen LogP contribution in [0.25, 0.3) is 0 Å². The number of nitrogens with one attached hydrogen (secondary N) is 1. The van der Waals surface area contributed by atoms with Gasteiger partial charge in [-0.05, 0) is 37.7 Å². The number of thiophene rings is 1. The lowest BCUT2D eigenvalue weighted by molar-refractivity contribution is 0.0943. The van der Waals surface area contributed by atoms with Crippen molar-refractivity contribution in [3.8, 4) is 0 Å². The average Bonchev–Trinajstić information content (AvgIpc) is 2.92. The van der Waals surface area contributed by atoms with Crippen molar-refractivity contribution in [3.63, 3.8) is 0 Å². The van der Waals surface area contributed by atoms with E-state index in [1.807, 2.05) is 37.7 Å². The molecule has 3 N–H and O–H groups in total. The summed E-state index contributed by atoms with van der Waals surface area (Å²) in [6.07, 6.45) is 0. The third-order valence-corrected chi connectivity index (χ3v) is 4.13. The van der Waals surface area contributed by atoms with Crippen molar-refractivity contribution in [2.75, 3.05) is 26.4 Å². The second-order valence-corrected chi connectivity index (χ2v) is 5.77. The molecule has 2 aromatic rings. The Hall–Kier alpha value is -1.85. The maximum Gasteiger partial charge on any atom is 0.253 e. The van der Waals surface area contributed by atoms with Crippen molar-refractivity contribution in [1.82, 2.24) is 10.2 Å². The maximum absolute atomic E-state index is 12.2. The fourth-order valence-corrected chi connectivity index (χ4v) is 2.93. The van der Waals surface area contributed by atoms with Crippen LogP contribution in [-0.2, 0) is 0 Å². The SMILES string of the molecule is CN(C)C(CNC(=O)c1ccccc1N)c1cccs1. The molecule has 0 saturated heterocycles. The fraction of sp³-hybridized carbons (Fsp3) is 0.267. The van der Waals surface area contributed by atoms with Crippen LogP contribution in [0.3, 0.4) is 0 Å². The molecule has 5 heteroatoms. The molecule has 0 saturated carbocycles. The van der Waals surface area contributed by atoms with Crippen LogP contribution in [0, 0.1) is 0 Å². The quantitative estimate of drug-likeness (QED) is 0.831. The van der Waals surface area contributed by atoms with E-state index in [2.05, 4.69) is 16.3 Å². The lowest BCUT2D eigenvalue weighted by Crippen LogP contribution is -2.34. The van der Waals surface area contributed by atoms with Crippen LogP contribution in [0.2, 0.25) is 0 Å². The number of rotatable bonds is 5. The van der Waals surface area contributed by atoms with Crippen LogP contribution >= 0.6 is 11.3 Å². The van der Waals surface area contributed by atoms with E-state index in [-0.39, 0.29) is 11.9 Å². The lowest BCUT2D eigenvalue weighted by Gasteiger charge is -2.23. The number of nitrogen functional groups attached to an aromatic ring is 1. The van der Waals surface area contributed by atoms with Gasteiger partial charge in [-0.1, -0.05) is 18.2 Å². The Bertz CT molecular complexity index is 566. The number of para-hydroxylation sites is 1. The summed E-state index contributed by atoms with van der Waals surface area (Å²) in [4.78, 5) is 15.5. The van der Waals surface area contributed by atoms with Gasteiger partial charge >= 0.3 is 0 Å². The van der Waals surface area contributed by atoms with Gasteiger partial charge in [0, 0.05) is 17.1 Å². The molecule has 1 aromatic heterocycles. The normalized spacial score (nSPS) is 12.3. The number of nitrogens with zero attached hydrogens (tertiary/aromatic N) is 1. The van der Waals surface area contributed by atoms with Gasteiger partial charge in [0.15, 0.2) is 0 Å². The van der Waals surface area contributed by atoms with Gasteiger partial charge in [0.1, 0.15) is 0 Å². The standard InChI is InChI=1S/C15H19N3OS/c1-18(2)13(14-8-5-9-20-14)10-17-15(19)11-6-3-4-7-12(11)16/h3-9,13H,10,16H2,1-2H3,(H,17,19). The van der Waals surface area contributed by atoms with Gasteiger partial charge in [0.25, 0.3) is 5.91 Å². The van der Waals surface area contributed by atoms with Crippen LogP contribution in [0.4, 0.5) is 5.69 Å². The van der Waals surface area contributed by atoms with E-state index in [4.69, 9.17) is 5.73 Å². The minimum Gasteiger partial charge on any atom is -0.398 e. The number of anilines is 1. The fourth-order valence-electron chi connectivity index (χ4n) is 2.01. The summed E-state index contributed by atoms with van der Waals surface area (Å²) >= 11 is 1.69. The molecule has 1 heterocycles. The molecule has 0 spiro atoms. The first-order valence-corrected chi connectivity index (χ1v) is 7.30. The molecule has 0 bridgehead atoms. The minimum atomic E-state index is -0.133. The topological polar surface area (TPSA) is 58.4 Å². The number of carbonyl (C=O) groups is 1. The highest BCUT2D eigenvalue weighted by atomic mass is 32.1. The van der Waals surface area contributed by atoms with Crippen molar-refractivity contribution < 1.29 is 4.79 Å². The molecule has 1 aromatic carbocycles. The van der Waals surface area contributed by atoms with E-state index in [1.54, 1.807) is 23.5 Å². The Kier molecular flexibility index (Phi) is 4.76. The van der Waals surface area contributed by atoms with Crippen LogP contribution in [0.15, 0.2) is 41.8 Å². The molecular formula is C15H19N3OS. The highest BCUT2D eigenvalue weighted by Crippen LogP contribution is 2.22.